The standard InChI is InChI=1S/C20H18F3N3O5.K.H/c1-2-26-9-13(19(29)30)15(10-26)24-16(28)8-7-14-17(20(21,22)23)18(31-25-14)11-3-5-12(27)6-4-11;;/h3-6,9-10,27H,2,7-8H2,1H3,(H,24,28)(H,29,30);;/q;+1;-1. The Morgan fingerprint density at radius 1 is 1.22 bits per heavy atom. The summed E-state index contributed by atoms with van der Waals surface area (Å²) >= 11 is 0. The second-order valence-corrected chi connectivity index (χ2v) is 6.65. The molecule has 0 saturated carbocycles. The number of carbonyl (C=O) groups excluding carboxylic acids is 1. The minimum atomic E-state index is -4.78. The van der Waals surface area contributed by atoms with Crippen molar-refractivity contribution < 1.29 is 90.3 Å². The third kappa shape index (κ3) is 6.01. The van der Waals surface area contributed by atoms with Gasteiger partial charge >= 0.3 is 63.5 Å². The molecule has 0 radical (unpaired) electrons. The number of benzene rings is 1. The number of carbonyl (C=O) groups is 2. The number of hydrogen-bond acceptors (Lipinski definition) is 5. The number of alkyl halides is 3. The average Bonchev–Trinajstić information content (AvgIpc) is 3.31. The van der Waals surface area contributed by atoms with Gasteiger partial charge in [-0.2, -0.15) is 13.2 Å². The normalized spacial score (nSPS) is 11.1. The molecule has 0 bridgehead atoms. The summed E-state index contributed by atoms with van der Waals surface area (Å²) in [6.45, 7) is 2.26. The van der Waals surface area contributed by atoms with Gasteiger partial charge in [-0.3, -0.25) is 4.79 Å². The third-order valence-corrected chi connectivity index (χ3v) is 4.51. The Morgan fingerprint density at radius 2 is 1.88 bits per heavy atom. The molecule has 0 unspecified atom stereocenters. The fraction of sp³-hybridized carbons (Fsp3) is 0.250. The number of nitrogens with zero attached hydrogens (tertiary/aromatic N) is 2. The van der Waals surface area contributed by atoms with Crippen molar-refractivity contribution in [3.8, 4) is 17.1 Å². The molecule has 0 fully saturated rings. The first-order valence-electron chi connectivity index (χ1n) is 9.18. The van der Waals surface area contributed by atoms with Gasteiger partial charge in [0, 0.05) is 37.3 Å². The van der Waals surface area contributed by atoms with E-state index in [9.17, 15) is 33.0 Å². The number of carboxylic acids is 1. The molecular weight excluding hydrogens is 458 g/mol. The van der Waals surface area contributed by atoms with Crippen LogP contribution in [0.5, 0.6) is 5.75 Å². The molecule has 0 aliphatic heterocycles. The summed E-state index contributed by atoms with van der Waals surface area (Å²) in [5.74, 6) is -2.54. The van der Waals surface area contributed by atoms with Crippen LogP contribution >= 0.6 is 0 Å². The Morgan fingerprint density at radius 3 is 2.44 bits per heavy atom. The minimum Gasteiger partial charge on any atom is -1.00 e. The zero-order valence-corrected chi connectivity index (χ0v) is 20.4. The first-order valence-corrected chi connectivity index (χ1v) is 9.18. The van der Waals surface area contributed by atoms with Crippen molar-refractivity contribution in [2.45, 2.75) is 32.5 Å². The van der Waals surface area contributed by atoms with Gasteiger partial charge < -0.3 is 26.0 Å². The van der Waals surface area contributed by atoms with Crippen LogP contribution in [0.1, 0.15) is 36.4 Å². The quantitative estimate of drug-likeness (QED) is 0.442. The van der Waals surface area contributed by atoms with Gasteiger partial charge in [0.25, 0.3) is 0 Å². The number of nitrogens with one attached hydrogen (secondary N) is 1. The van der Waals surface area contributed by atoms with E-state index < -0.39 is 35.1 Å². The van der Waals surface area contributed by atoms with Crippen molar-refractivity contribution in [3.05, 3.63) is 53.5 Å². The molecule has 12 heteroatoms. The van der Waals surface area contributed by atoms with E-state index in [1.54, 1.807) is 11.5 Å². The average molecular weight is 477 g/mol. The third-order valence-electron chi connectivity index (χ3n) is 4.51. The van der Waals surface area contributed by atoms with Crippen LogP contribution in [-0.2, 0) is 23.9 Å². The van der Waals surface area contributed by atoms with E-state index in [-0.39, 0.29) is 88.2 Å². The molecule has 3 rings (SSSR count). The van der Waals surface area contributed by atoms with Crippen molar-refractivity contribution in [1.82, 2.24) is 9.72 Å². The molecule has 0 aliphatic carbocycles. The number of rotatable bonds is 7. The molecule has 0 spiro atoms. The summed E-state index contributed by atoms with van der Waals surface area (Å²) in [5, 5.41) is 24.4. The number of anilines is 1. The zero-order chi connectivity index (χ0) is 22.8. The molecule has 0 saturated heterocycles. The van der Waals surface area contributed by atoms with Crippen molar-refractivity contribution in [3.63, 3.8) is 0 Å². The number of amides is 1. The number of phenolic OH excluding ortho intramolecular Hbond substituents is 1. The van der Waals surface area contributed by atoms with Crippen molar-refractivity contribution in [2.24, 2.45) is 0 Å². The van der Waals surface area contributed by atoms with Gasteiger partial charge in [0.2, 0.25) is 5.91 Å². The molecule has 3 N–H and O–H groups in total. The molecule has 2 heterocycles. The van der Waals surface area contributed by atoms with Gasteiger partial charge in [-0.15, -0.1) is 0 Å². The Kier molecular flexibility index (Phi) is 8.71. The molecule has 166 valence electrons. The summed E-state index contributed by atoms with van der Waals surface area (Å²) in [6, 6.07) is 4.95. The summed E-state index contributed by atoms with van der Waals surface area (Å²) < 4.78 is 47.4. The summed E-state index contributed by atoms with van der Waals surface area (Å²) in [4.78, 5) is 23.6. The second-order valence-electron chi connectivity index (χ2n) is 6.65. The van der Waals surface area contributed by atoms with Gasteiger partial charge in [0.1, 0.15) is 16.9 Å². The fourth-order valence-corrected chi connectivity index (χ4v) is 3.00. The summed E-state index contributed by atoms with van der Waals surface area (Å²) in [7, 11) is 0. The molecule has 3 aromatic rings. The van der Waals surface area contributed by atoms with Gasteiger partial charge in [0.15, 0.2) is 5.76 Å². The summed E-state index contributed by atoms with van der Waals surface area (Å²) in [5.41, 5.74) is -1.55. The van der Waals surface area contributed by atoms with Crippen molar-refractivity contribution in [2.75, 3.05) is 5.32 Å². The Hall–Kier alpha value is -2.12. The Balaban J connectivity index is 0.00000272. The molecule has 1 aromatic carbocycles. The van der Waals surface area contributed by atoms with Gasteiger partial charge in [-0.1, -0.05) is 5.16 Å². The van der Waals surface area contributed by atoms with Crippen LogP contribution in [0.25, 0.3) is 11.3 Å². The first kappa shape index (κ1) is 26.1. The van der Waals surface area contributed by atoms with Crippen LogP contribution in [-0.4, -0.2) is 31.8 Å². The number of aromatic hydroxyl groups is 1. The topological polar surface area (TPSA) is 118 Å². The largest absolute Gasteiger partial charge is 1.00 e. The van der Waals surface area contributed by atoms with Gasteiger partial charge in [-0.05, 0) is 31.2 Å². The first-order chi connectivity index (χ1) is 14.6. The summed E-state index contributed by atoms with van der Waals surface area (Å²) in [6.07, 6.45) is -2.75. The monoisotopic (exact) mass is 477 g/mol. The van der Waals surface area contributed by atoms with Crippen LogP contribution in [0.3, 0.4) is 0 Å². The van der Waals surface area contributed by atoms with E-state index in [0.717, 1.165) is 0 Å². The van der Waals surface area contributed by atoms with Crippen molar-refractivity contribution in [1.29, 1.82) is 0 Å². The number of aromatic carboxylic acids is 1. The molecule has 1 amide bonds. The van der Waals surface area contributed by atoms with E-state index >= 15 is 0 Å². The predicted octanol–water partition coefficient (Wildman–Crippen LogP) is 1.27. The molecule has 0 atom stereocenters. The molecular formula is C20H19F3KN3O5. The SMILES string of the molecule is CCn1cc(NC(=O)CCc2noc(-c3ccc(O)cc3)c2C(F)(F)F)c(C(=O)O)c1.[H-].[K+]. The van der Waals surface area contributed by atoms with E-state index in [1.807, 2.05) is 0 Å². The molecule has 8 nitrogen and oxygen atoms in total. The maximum absolute atomic E-state index is 13.6. The Bertz CT molecular complexity index is 1110. The van der Waals surface area contributed by atoms with E-state index in [0.29, 0.717) is 6.54 Å². The van der Waals surface area contributed by atoms with E-state index in [2.05, 4.69) is 10.5 Å². The number of phenols is 1. The minimum absolute atomic E-state index is 0. The zero-order valence-electron chi connectivity index (χ0n) is 18.2. The maximum atomic E-state index is 13.6. The maximum Gasteiger partial charge on any atom is 1.00 e. The van der Waals surface area contributed by atoms with Crippen LogP contribution in [0.2, 0.25) is 0 Å². The van der Waals surface area contributed by atoms with Crippen molar-refractivity contribution >= 4 is 17.6 Å². The molecule has 0 aliphatic rings. The van der Waals surface area contributed by atoms with Crippen LogP contribution in [0, 0.1) is 0 Å². The number of hydrogen-bond donors (Lipinski definition) is 3. The van der Waals surface area contributed by atoms with Crippen LogP contribution in [0.4, 0.5) is 18.9 Å². The van der Waals surface area contributed by atoms with Gasteiger partial charge in [0.05, 0.1) is 11.4 Å². The predicted molar refractivity (Wildman–Crippen MR) is 104 cm³/mol. The van der Waals surface area contributed by atoms with Crippen LogP contribution in [0.15, 0.2) is 41.2 Å². The molecule has 2 aromatic heterocycles. The number of halogens is 3. The van der Waals surface area contributed by atoms with Gasteiger partial charge in [-0.25, -0.2) is 4.79 Å². The second kappa shape index (κ2) is 10.7. The number of aryl methyl sites for hydroxylation is 2. The Labute approximate surface area is 224 Å². The van der Waals surface area contributed by atoms with Crippen LogP contribution < -0.4 is 56.7 Å². The van der Waals surface area contributed by atoms with E-state index in [4.69, 9.17) is 4.52 Å². The number of carboxylic acid groups (broad SMARTS) is 1. The fourth-order valence-electron chi connectivity index (χ4n) is 3.00. The smallest absolute Gasteiger partial charge is 1.00 e. The number of aromatic nitrogens is 2. The van der Waals surface area contributed by atoms with E-state index in [1.165, 1.54) is 36.7 Å². The molecule has 32 heavy (non-hydrogen) atoms.